The molecule has 15 rings (SSSR count). The van der Waals surface area contributed by atoms with Gasteiger partial charge < -0.3 is 9.13 Å². The van der Waals surface area contributed by atoms with Gasteiger partial charge in [0.05, 0.1) is 27.8 Å². The zero-order valence-corrected chi connectivity index (χ0v) is 43.9. The second-order valence-electron chi connectivity index (χ2n) is 20.9. The Hall–Kier alpha value is -10.5. The predicted molar refractivity (Wildman–Crippen MR) is 339 cm³/mol. The number of para-hydroxylation sites is 3. The van der Waals surface area contributed by atoms with Crippen molar-refractivity contribution < 1.29 is 0 Å². The summed E-state index contributed by atoms with van der Waals surface area (Å²) in [4.78, 5) is 0. The van der Waals surface area contributed by atoms with E-state index in [9.17, 15) is 0 Å². The van der Waals surface area contributed by atoms with Crippen LogP contribution in [0.1, 0.15) is 0 Å². The van der Waals surface area contributed by atoms with E-state index in [2.05, 4.69) is 325 Å². The standard InChI is InChI=1S/C78H52N2/c1-3-16-53(17-4-1)55-32-34-57(35-33-55)60-20-13-23-63(48-60)64-24-14-21-61(49-64)58-36-38-59(39-37-58)62-22-15-25-67(50-62)69-26-7-10-29-74(69)80-76-31-12-9-28-71(76)73-52-66(43-47-78(73)80)65-42-46-77-72(51-65)70-27-8-11-30-75(70)79(77)68-44-40-56(41-45-68)54-18-5-2-6-19-54/h1-52H. The Morgan fingerprint density at radius 3 is 0.963 bits per heavy atom. The van der Waals surface area contributed by atoms with E-state index >= 15 is 0 Å². The highest BCUT2D eigenvalue weighted by atomic mass is 15.0. The molecular formula is C78H52N2. The molecule has 15 aromatic rings. The van der Waals surface area contributed by atoms with Gasteiger partial charge in [-0.3, -0.25) is 0 Å². The van der Waals surface area contributed by atoms with Crippen molar-refractivity contribution in [2.24, 2.45) is 0 Å². The highest BCUT2D eigenvalue weighted by Crippen LogP contribution is 2.41. The highest BCUT2D eigenvalue weighted by Gasteiger charge is 2.19. The quantitative estimate of drug-likeness (QED) is 0.129. The Kier molecular flexibility index (Phi) is 11.6. The lowest BCUT2D eigenvalue weighted by Crippen LogP contribution is -1.97. The zero-order valence-electron chi connectivity index (χ0n) is 43.9. The van der Waals surface area contributed by atoms with Crippen molar-refractivity contribution in [1.82, 2.24) is 9.13 Å². The molecule has 80 heavy (non-hydrogen) atoms. The molecule has 0 saturated heterocycles. The molecule has 0 aliphatic carbocycles. The first kappa shape index (κ1) is 46.7. The Morgan fingerprint density at radius 2 is 0.463 bits per heavy atom. The lowest BCUT2D eigenvalue weighted by atomic mass is 9.94. The normalized spacial score (nSPS) is 11.5. The highest BCUT2D eigenvalue weighted by molar-refractivity contribution is 6.13. The average molecular weight is 1020 g/mol. The van der Waals surface area contributed by atoms with Gasteiger partial charge in [0.1, 0.15) is 0 Å². The van der Waals surface area contributed by atoms with Crippen LogP contribution >= 0.6 is 0 Å². The van der Waals surface area contributed by atoms with E-state index in [1.165, 1.54) is 133 Å². The maximum atomic E-state index is 2.46. The number of nitrogens with zero attached hydrogens (tertiary/aromatic N) is 2. The first-order valence-corrected chi connectivity index (χ1v) is 27.5. The third-order valence-corrected chi connectivity index (χ3v) is 16.2. The molecule has 0 bridgehead atoms. The van der Waals surface area contributed by atoms with Gasteiger partial charge in [0.25, 0.3) is 0 Å². The molecule has 0 fully saturated rings. The van der Waals surface area contributed by atoms with Gasteiger partial charge in [-0.05, 0) is 156 Å². The maximum Gasteiger partial charge on any atom is 0.0541 e. The van der Waals surface area contributed by atoms with Gasteiger partial charge >= 0.3 is 0 Å². The number of rotatable bonds is 10. The Balaban J connectivity index is 0.725. The first-order chi connectivity index (χ1) is 39.6. The van der Waals surface area contributed by atoms with Crippen molar-refractivity contribution in [3.05, 3.63) is 315 Å². The van der Waals surface area contributed by atoms with Crippen LogP contribution in [-0.4, -0.2) is 9.13 Å². The summed E-state index contributed by atoms with van der Waals surface area (Å²) < 4.78 is 4.86. The van der Waals surface area contributed by atoms with Gasteiger partial charge in [0, 0.05) is 32.8 Å². The van der Waals surface area contributed by atoms with Crippen LogP contribution < -0.4 is 0 Å². The van der Waals surface area contributed by atoms with Crippen molar-refractivity contribution in [3.8, 4) is 100 Å². The van der Waals surface area contributed by atoms with Crippen LogP contribution in [0.2, 0.25) is 0 Å². The van der Waals surface area contributed by atoms with Crippen LogP contribution in [0.15, 0.2) is 315 Å². The van der Waals surface area contributed by atoms with Gasteiger partial charge in [-0.15, -0.1) is 0 Å². The maximum absolute atomic E-state index is 2.46. The molecule has 0 unspecified atom stereocenters. The summed E-state index contributed by atoms with van der Waals surface area (Å²) in [5.41, 5.74) is 26.2. The van der Waals surface area contributed by atoms with Gasteiger partial charge in [-0.25, -0.2) is 0 Å². The summed E-state index contributed by atoms with van der Waals surface area (Å²) in [6, 6.07) is 115. The SMILES string of the molecule is c1ccc(-c2ccc(-c3cccc(-c4cccc(-c5ccc(-c6cccc(-c7ccccc7-n7c8ccccc8c8cc(-c9ccc%10c(c9)c9ccccc9n%10-c9ccc(-c%10ccccc%10)cc9)ccc87)c6)cc5)c4)c3)cc2)cc1. The summed E-state index contributed by atoms with van der Waals surface area (Å²) in [7, 11) is 0. The number of hydrogen-bond acceptors (Lipinski definition) is 0. The molecule has 0 aliphatic heterocycles. The number of benzene rings is 13. The molecule has 13 aromatic carbocycles. The number of hydrogen-bond donors (Lipinski definition) is 0. The largest absolute Gasteiger partial charge is 0.309 e. The second kappa shape index (κ2) is 19.8. The molecule has 2 heterocycles. The molecule has 0 N–H and O–H groups in total. The number of aromatic nitrogens is 2. The first-order valence-electron chi connectivity index (χ1n) is 27.5. The fourth-order valence-electron chi connectivity index (χ4n) is 12.2. The van der Waals surface area contributed by atoms with Gasteiger partial charge in [-0.1, -0.05) is 243 Å². The molecule has 0 radical (unpaired) electrons. The number of fused-ring (bicyclic) bond motifs is 6. The molecule has 0 atom stereocenters. The molecule has 0 amide bonds. The summed E-state index contributed by atoms with van der Waals surface area (Å²) in [5.74, 6) is 0. The summed E-state index contributed by atoms with van der Waals surface area (Å²) >= 11 is 0. The monoisotopic (exact) mass is 1020 g/mol. The van der Waals surface area contributed by atoms with Crippen molar-refractivity contribution in [1.29, 1.82) is 0 Å². The van der Waals surface area contributed by atoms with E-state index in [0.29, 0.717) is 0 Å². The van der Waals surface area contributed by atoms with Crippen LogP contribution in [0.5, 0.6) is 0 Å². The Labute approximate surface area is 466 Å². The van der Waals surface area contributed by atoms with Crippen LogP contribution in [0, 0.1) is 0 Å². The molecule has 2 heteroatoms. The Morgan fingerprint density at radius 1 is 0.163 bits per heavy atom. The second-order valence-corrected chi connectivity index (χ2v) is 20.9. The molecule has 0 aliphatic rings. The third-order valence-electron chi connectivity index (χ3n) is 16.2. The van der Waals surface area contributed by atoms with Gasteiger partial charge in [-0.2, -0.15) is 0 Å². The molecule has 2 nitrogen and oxygen atoms in total. The molecule has 0 saturated carbocycles. The van der Waals surface area contributed by atoms with E-state index in [4.69, 9.17) is 0 Å². The van der Waals surface area contributed by atoms with Crippen LogP contribution in [0.25, 0.3) is 144 Å². The van der Waals surface area contributed by atoms with Crippen LogP contribution in [0.4, 0.5) is 0 Å². The summed E-state index contributed by atoms with van der Waals surface area (Å²) in [6.07, 6.45) is 0. The smallest absolute Gasteiger partial charge is 0.0541 e. The van der Waals surface area contributed by atoms with E-state index in [1.807, 2.05) is 0 Å². The molecule has 2 aromatic heterocycles. The minimum atomic E-state index is 1.15. The lowest BCUT2D eigenvalue weighted by Gasteiger charge is -2.15. The Bertz CT molecular complexity index is 4770. The summed E-state index contributed by atoms with van der Waals surface area (Å²) in [5, 5.41) is 4.94. The van der Waals surface area contributed by atoms with E-state index in [1.54, 1.807) is 0 Å². The van der Waals surface area contributed by atoms with Crippen LogP contribution in [-0.2, 0) is 0 Å². The van der Waals surface area contributed by atoms with Crippen molar-refractivity contribution in [2.75, 3.05) is 0 Å². The van der Waals surface area contributed by atoms with Crippen molar-refractivity contribution >= 4 is 43.6 Å². The average Bonchev–Trinajstić information content (AvgIpc) is 4.14. The fourth-order valence-corrected chi connectivity index (χ4v) is 12.2. The van der Waals surface area contributed by atoms with E-state index in [-0.39, 0.29) is 0 Å². The molecule has 0 spiro atoms. The van der Waals surface area contributed by atoms with Gasteiger partial charge in [0.15, 0.2) is 0 Å². The van der Waals surface area contributed by atoms with Crippen molar-refractivity contribution in [3.63, 3.8) is 0 Å². The van der Waals surface area contributed by atoms with Crippen LogP contribution in [0.3, 0.4) is 0 Å². The molecular weight excluding hydrogens is 965 g/mol. The minimum absolute atomic E-state index is 1.15. The van der Waals surface area contributed by atoms with E-state index < -0.39 is 0 Å². The van der Waals surface area contributed by atoms with Gasteiger partial charge in [0.2, 0.25) is 0 Å². The lowest BCUT2D eigenvalue weighted by molar-refractivity contribution is 1.18. The fraction of sp³-hybridized carbons (Fsp3) is 0. The summed E-state index contributed by atoms with van der Waals surface area (Å²) in [6.45, 7) is 0. The van der Waals surface area contributed by atoms with E-state index in [0.717, 1.165) is 11.4 Å². The molecule has 374 valence electrons. The van der Waals surface area contributed by atoms with Crippen molar-refractivity contribution in [2.45, 2.75) is 0 Å². The third kappa shape index (κ3) is 8.39. The minimum Gasteiger partial charge on any atom is -0.309 e. The zero-order chi connectivity index (χ0) is 52.9. The predicted octanol–water partition coefficient (Wildman–Crippen LogP) is 21.2. The topological polar surface area (TPSA) is 9.86 Å².